The van der Waals surface area contributed by atoms with E-state index < -0.39 is 0 Å². The Bertz CT molecular complexity index is 632. The van der Waals surface area contributed by atoms with Gasteiger partial charge in [0.25, 0.3) is 0 Å². The van der Waals surface area contributed by atoms with E-state index in [4.69, 9.17) is 23.2 Å². The van der Waals surface area contributed by atoms with Gasteiger partial charge in [-0.3, -0.25) is 0 Å². The summed E-state index contributed by atoms with van der Waals surface area (Å²) in [5, 5.41) is 7.69. The molecule has 1 aromatic carbocycles. The van der Waals surface area contributed by atoms with Crippen LogP contribution in [0, 0.1) is 6.92 Å². The maximum absolute atomic E-state index is 6.17. The molecule has 0 aliphatic heterocycles. The van der Waals surface area contributed by atoms with Crippen molar-refractivity contribution in [3.63, 3.8) is 0 Å². The van der Waals surface area contributed by atoms with Crippen LogP contribution in [-0.4, -0.2) is 16.5 Å². The van der Waals surface area contributed by atoms with Crippen molar-refractivity contribution < 1.29 is 0 Å². The summed E-state index contributed by atoms with van der Waals surface area (Å²) >= 11 is 12.1. The van der Waals surface area contributed by atoms with E-state index in [9.17, 15) is 0 Å². The third kappa shape index (κ3) is 5.04. The first kappa shape index (κ1) is 16.8. The number of anilines is 3. The van der Waals surface area contributed by atoms with Gasteiger partial charge in [0.05, 0.1) is 10.7 Å². The van der Waals surface area contributed by atoms with Crippen molar-refractivity contribution in [2.45, 2.75) is 33.1 Å². The molecule has 22 heavy (non-hydrogen) atoms. The van der Waals surface area contributed by atoms with Crippen molar-refractivity contribution in [1.82, 2.24) is 9.97 Å². The van der Waals surface area contributed by atoms with Crippen LogP contribution < -0.4 is 10.6 Å². The smallest absolute Gasteiger partial charge is 0.136 e. The highest BCUT2D eigenvalue weighted by Gasteiger charge is 2.05. The third-order valence-corrected chi connectivity index (χ3v) is 3.67. The third-order valence-electron chi connectivity index (χ3n) is 3.12. The number of benzene rings is 1. The molecule has 0 saturated heterocycles. The normalized spacial score (nSPS) is 10.5. The van der Waals surface area contributed by atoms with Gasteiger partial charge in [-0.25, -0.2) is 9.97 Å². The number of unbranched alkanes of at least 4 members (excludes halogenated alkanes) is 2. The summed E-state index contributed by atoms with van der Waals surface area (Å²) in [4.78, 5) is 8.78. The molecule has 1 heterocycles. The van der Waals surface area contributed by atoms with Crippen LogP contribution in [0.2, 0.25) is 10.0 Å². The standard InChI is InChI=1S/C16H20Cl2N4/c1-3-4-5-8-19-15-10-16(21-11(2)20-15)22-14-7-6-12(17)9-13(14)18/h6-7,9-10H,3-5,8H2,1-2H3,(H2,19,20,21,22). The molecule has 0 radical (unpaired) electrons. The summed E-state index contributed by atoms with van der Waals surface area (Å²) in [6, 6.07) is 7.19. The lowest BCUT2D eigenvalue weighted by Crippen LogP contribution is -2.06. The molecule has 118 valence electrons. The van der Waals surface area contributed by atoms with Gasteiger partial charge in [-0.1, -0.05) is 43.0 Å². The summed E-state index contributed by atoms with van der Waals surface area (Å²) in [5.74, 6) is 2.22. The van der Waals surface area contributed by atoms with Gasteiger partial charge in [0, 0.05) is 17.6 Å². The Kier molecular flexibility index (Phi) is 6.28. The number of aromatic nitrogens is 2. The highest BCUT2D eigenvalue weighted by atomic mass is 35.5. The molecule has 0 bridgehead atoms. The van der Waals surface area contributed by atoms with Crippen LogP contribution in [0.25, 0.3) is 0 Å². The summed E-state index contributed by atoms with van der Waals surface area (Å²) < 4.78 is 0. The number of hydrogen-bond donors (Lipinski definition) is 2. The van der Waals surface area contributed by atoms with E-state index in [1.165, 1.54) is 12.8 Å². The first-order valence-corrected chi connectivity index (χ1v) is 8.15. The maximum Gasteiger partial charge on any atom is 0.136 e. The van der Waals surface area contributed by atoms with E-state index in [0.717, 1.165) is 24.5 Å². The molecule has 0 atom stereocenters. The van der Waals surface area contributed by atoms with Gasteiger partial charge >= 0.3 is 0 Å². The second-order valence-electron chi connectivity index (χ2n) is 5.07. The second-order valence-corrected chi connectivity index (χ2v) is 5.91. The zero-order valence-corrected chi connectivity index (χ0v) is 14.3. The maximum atomic E-state index is 6.17. The van der Waals surface area contributed by atoms with E-state index in [1.54, 1.807) is 12.1 Å². The van der Waals surface area contributed by atoms with E-state index in [0.29, 0.717) is 21.7 Å². The fourth-order valence-corrected chi connectivity index (χ4v) is 2.50. The molecule has 4 nitrogen and oxygen atoms in total. The summed E-state index contributed by atoms with van der Waals surface area (Å²) in [6.45, 7) is 4.96. The minimum Gasteiger partial charge on any atom is -0.370 e. The van der Waals surface area contributed by atoms with Crippen LogP contribution in [0.3, 0.4) is 0 Å². The first-order chi connectivity index (χ1) is 10.6. The molecule has 0 aliphatic carbocycles. The lowest BCUT2D eigenvalue weighted by atomic mass is 10.2. The van der Waals surface area contributed by atoms with E-state index in [-0.39, 0.29) is 0 Å². The van der Waals surface area contributed by atoms with Crippen LogP contribution >= 0.6 is 23.2 Å². The van der Waals surface area contributed by atoms with E-state index in [2.05, 4.69) is 27.5 Å². The van der Waals surface area contributed by atoms with Crippen molar-refractivity contribution in [1.29, 1.82) is 0 Å². The molecule has 6 heteroatoms. The van der Waals surface area contributed by atoms with Crippen LogP contribution in [0.15, 0.2) is 24.3 Å². The van der Waals surface area contributed by atoms with Gasteiger partial charge in [-0.2, -0.15) is 0 Å². The van der Waals surface area contributed by atoms with Gasteiger partial charge in [-0.05, 0) is 31.5 Å². The Hall–Kier alpha value is -1.52. The highest BCUT2D eigenvalue weighted by molar-refractivity contribution is 6.36. The number of nitrogens with one attached hydrogen (secondary N) is 2. The molecule has 0 saturated carbocycles. The topological polar surface area (TPSA) is 49.8 Å². The average molecular weight is 339 g/mol. The molecule has 0 spiro atoms. The molecule has 2 rings (SSSR count). The predicted octanol–water partition coefficient (Wildman–Crippen LogP) is 5.44. The Morgan fingerprint density at radius 1 is 1.05 bits per heavy atom. The quantitative estimate of drug-likeness (QED) is 0.660. The van der Waals surface area contributed by atoms with Crippen LogP contribution in [0.5, 0.6) is 0 Å². The minimum absolute atomic E-state index is 0.557. The monoisotopic (exact) mass is 338 g/mol. The van der Waals surface area contributed by atoms with Crippen molar-refractivity contribution in [2.24, 2.45) is 0 Å². The zero-order valence-electron chi connectivity index (χ0n) is 12.8. The molecule has 0 fully saturated rings. The predicted molar refractivity (Wildman–Crippen MR) is 94.5 cm³/mol. The van der Waals surface area contributed by atoms with Gasteiger partial charge in [0.15, 0.2) is 0 Å². The number of halogens is 2. The molecular formula is C16H20Cl2N4. The number of rotatable bonds is 7. The fraction of sp³-hybridized carbons (Fsp3) is 0.375. The van der Waals surface area contributed by atoms with Gasteiger partial charge < -0.3 is 10.6 Å². The van der Waals surface area contributed by atoms with Crippen molar-refractivity contribution in [3.05, 3.63) is 40.1 Å². The van der Waals surface area contributed by atoms with Crippen LogP contribution in [0.4, 0.5) is 17.3 Å². The summed E-state index contributed by atoms with van der Waals surface area (Å²) in [5.41, 5.74) is 0.765. The Balaban J connectivity index is 2.08. The number of nitrogens with zero attached hydrogens (tertiary/aromatic N) is 2. The summed E-state index contributed by atoms with van der Waals surface area (Å²) in [6.07, 6.45) is 3.54. The molecule has 2 N–H and O–H groups in total. The van der Waals surface area contributed by atoms with Crippen molar-refractivity contribution in [3.8, 4) is 0 Å². The van der Waals surface area contributed by atoms with E-state index >= 15 is 0 Å². The van der Waals surface area contributed by atoms with Crippen LogP contribution in [0.1, 0.15) is 32.0 Å². The Labute approximate surface area is 141 Å². The second kappa shape index (κ2) is 8.20. The van der Waals surface area contributed by atoms with Crippen molar-refractivity contribution in [2.75, 3.05) is 17.2 Å². The molecule has 1 aromatic heterocycles. The molecule has 0 amide bonds. The lowest BCUT2D eigenvalue weighted by molar-refractivity contribution is 0.742. The van der Waals surface area contributed by atoms with Crippen LogP contribution in [-0.2, 0) is 0 Å². The minimum atomic E-state index is 0.557. The highest BCUT2D eigenvalue weighted by Crippen LogP contribution is 2.28. The Morgan fingerprint density at radius 3 is 2.55 bits per heavy atom. The molecule has 2 aromatic rings. The Morgan fingerprint density at radius 2 is 1.82 bits per heavy atom. The average Bonchev–Trinajstić information content (AvgIpc) is 2.46. The van der Waals surface area contributed by atoms with Crippen molar-refractivity contribution >= 4 is 40.5 Å². The fourth-order valence-electron chi connectivity index (χ4n) is 2.04. The molecular weight excluding hydrogens is 319 g/mol. The molecule has 0 aliphatic rings. The molecule has 0 unspecified atom stereocenters. The lowest BCUT2D eigenvalue weighted by Gasteiger charge is -2.11. The van der Waals surface area contributed by atoms with Gasteiger partial charge in [0.2, 0.25) is 0 Å². The van der Waals surface area contributed by atoms with E-state index in [1.807, 2.05) is 19.1 Å². The van der Waals surface area contributed by atoms with Gasteiger partial charge in [0.1, 0.15) is 17.5 Å². The number of aryl methyl sites for hydroxylation is 1. The summed E-state index contributed by atoms with van der Waals surface area (Å²) in [7, 11) is 0. The van der Waals surface area contributed by atoms with Gasteiger partial charge in [-0.15, -0.1) is 0 Å². The zero-order chi connectivity index (χ0) is 15.9. The largest absolute Gasteiger partial charge is 0.370 e. The SMILES string of the molecule is CCCCCNc1cc(Nc2ccc(Cl)cc2Cl)nc(C)n1. The first-order valence-electron chi connectivity index (χ1n) is 7.40. The number of hydrogen-bond acceptors (Lipinski definition) is 4.